The van der Waals surface area contributed by atoms with Crippen LogP contribution in [0.15, 0.2) is 63.8 Å². The molecule has 1 unspecified atom stereocenters. The number of carbonyl (C=O) groups excluding carboxylic acids is 1. The molecule has 106 valence electrons. The standard InChI is InChI=1S/C15H11Cl2N3O/c1-15(18-10-21,11-5-3-2-4-6-11)20-19-12-7-8-13(16)14(17)9-12/h2-9H,1H3. The molecule has 0 heterocycles. The van der Waals surface area contributed by atoms with E-state index in [9.17, 15) is 4.79 Å². The highest BCUT2D eigenvalue weighted by atomic mass is 35.5. The number of azo groups is 1. The Balaban J connectivity index is 2.38. The molecule has 0 aromatic heterocycles. The summed E-state index contributed by atoms with van der Waals surface area (Å²) in [6.07, 6.45) is 1.54. The fourth-order valence-electron chi connectivity index (χ4n) is 1.69. The van der Waals surface area contributed by atoms with Crippen molar-refractivity contribution < 1.29 is 4.79 Å². The molecule has 0 aliphatic rings. The van der Waals surface area contributed by atoms with Gasteiger partial charge in [0.2, 0.25) is 11.7 Å². The molecular weight excluding hydrogens is 309 g/mol. The second-order valence-corrected chi connectivity index (χ2v) is 5.20. The van der Waals surface area contributed by atoms with Crippen molar-refractivity contribution in [2.45, 2.75) is 12.6 Å². The van der Waals surface area contributed by atoms with Crippen LogP contribution in [0.2, 0.25) is 10.0 Å². The average Bonchev–Trinajstić information content (AvgIpc) is 2.50. The van der Waals surface area contributed by atoms with Crippen molar-refractivity contribution in [3.63, 3.8) is 0 Å². The largest absolute Gasteiger partial charge is 0.237 e. The summed E-state index contributed by atoms with van der Waals surface area (Å²) in [6.45, 7) is 1.67. The lowest BCUT2D eigenvalue weighted by atomic mass is 10.0. The molecule has 0 fully saturated rings. The maximum Gasteiger partial charge on any atom is 0.237 e. The Morgan fingerprint density at radius 2 is 1.76 bits per heavy atom. The van der Waals surface area contributed by atoms with Gasteiger partial charge in [-0.1, -0.05) is 53.5 Å². The van der Waals surface area contributed by atoms with Gasteiger partial charge in [0.15, 0.2) is 0 Å². The molecule has 0 saturated carbocycles. The first-order valence-corrected chi connectivity index (χ1v) is 6.83. The zero-order valence-corrected chi connectivity index (χ0v) is 12.6. The second kappa shape index (κ2) is 6.64. The van der Waals surface area contributed by atoms with Crippen LogP contribution in [-0.2, 0) is 10.5 Å². The van der Waals surface area contributed by atoms with Crippen molar-refractivity contribution >= 4 is 35.0 Å². The first-order valence-electron chi connectivity index (χ1n) is 6.08. The van der Waals surface area contributed by atoms with Gasteiger partial charge in [0.05, 0.1) is 15.7 Å². The summed E-state index contributed by atoms with van der Waals surface area (Å²) >= 11 is 11.8. The Kier molecular flexibility index (Phi) is 4.86. The molecular formula is C15H11Cl2N3O. The van der Waals surface area contributed by atoms with Crippen LogP contribution in [0.5, 0.6) is 0 Å². The van der Waals surface area contributed by atoms with Crippen LogP contribution in [0, 0.1) is 0 Å². The quantitative estimate of drug-likeness (QED) is 0.429. The molecule has 0 aliphatic carbocycles. The van der Waals surface area contributed by atoms with Gasteiger partial charge in [-0.25, -0.2) is 4.79 Å². The molecule has 1 atom stereocenters. The molecule has 0 spiro atoms. The minimum Gasteiger partial charge on any atom is -0.211 e. The van der Waals surface area contributed by atoms with E-state index in [1.54, 1.807) is 25.1 Å². The molecule has 0 aliphatic heterocycles. The fraction of sp³-hybridized carbons (Fsp3) is 0.133. The Morgan fingerprint density at radius 1 is 1.05 bits per heavy atom. The highest BCUT2D eigenvalue weighted by molar-refractivity contribution is 6.42. The Labute approximate surface area is 132 Å². The molecule has 2 aromatic rings. The minimum absolute atomic E-state index is 0.383. The lowest BCUT2D eigenvalue weighted by molar-refractivity contribution is 0.485. The highest BCUT2D eigenvalue weighted by Crippen LogP contribution is 2.31. The van der Waals surface area contributed by atoms with Crippen LogP contribution in [0.4, 0.5) is 5.69 Å². The van der Waals surface area contributed by atoms with Crippen molar-refractivity contribution in [1.29, 1.82) is 0 Å². The first-order chi connectivity index (χ1) is 10.0. The highest BCUT2D eigenvalue weighted by Gasteiger charge is 2.25. The van der Waals surface area contributed by atoms with Crippen LogP contribution >= 0.6 is 23.2 Å². The number of halogens is 2. The zero-order valence-electron chi connectivity index (χ0n) is 11.1. The third kappa shape index (κ3) is 3.76. The summed E-state index contributed by atoms with van der Waals surface area (Å²) in [7, 11) is 0. The van der Waals surface area contributed by atoms with E-state index in [1.807, 2.05) is 30.3 Å². The predicted molar refractivity (Wildman–Crippen MR) is 82.9 cm³/mol. The number of benzene rings is 2. The summed E-state index contributed by atoms with van der Waals surface area (Å²) < 4.78 is 0. The van der Waals surface area contributed by atoms with Crippen molar-refractivity contribution in [3.05, 3.63) is 64.1 Å². The van der Waals surface area contributed by atoms with E-state index in [4.69, 9.17) is 23.2 Å². The van der Waals surface area contributed by atoms with Crippen molar-refractivity contribution in [3.8, 4) is 0 Å². The topological polar surface area (TPSA) is 54.1 Å². The summed E-state index contributed by atoms with van der Waals surface area (Å²) in [5, 5.41) is 9.06. The normalized spacial score (nSPS) is 13.7. The van der Waals surface area contributed by atoms with E-state index in [-0.39, 0.29) is 0 Å². The number of nitrogens with zero attached hydrogens (tertiary/aromatic N) is 3. The van der Waals surface area contributed by atoms with Crippen LogP contribution < -0.4 is 0 Å². The number of hydrogen-bond donors (Lipinski definition) is 0. The monoisotopic (exact) mass is 319 g/mol. The van der Waals surface area contributed by atoms with Gasteiger partial charge in [-0.2, -0.15) is 15.2 Å². The van der Waals surface area contributed by atoms with Crippen LogP contribution in [0.25, 0.3) is 0 Å². The molecule has 0 saturated heterocycles. The van der Waals surface area contributed by atoms with Crippen molar-refractivity contribution in [2.75, 3.05) is 0 Å². The van der Waals surface area contributed by atoms with E-state index >= 15 is 0 Å². The van der Waals surface area contributed by atoms with Gasteiger partial charge in [0.1, 0.15) is 0 Å². The van der Waals surface area contributed by atoms with Gasteiger partial charge in [-0.05, 0) is 25.1 Å². The van der Waals surface area contributed by atoms with E-state index < -0.39 is 5.66 Å². The average molecular weight is 320 g/mol. The number of rotatable bonds is 4. The number of isocyanates is 1. The fourth-order valence-corrected chi connectivity index (χ4v) is 1.98. The van der Waals surface area contributed by atoms with Crippen LogP contribution in [-0.4, -0.2) is 6.08 Å². The van der Waals surface area contributed by atoms with Gasteiger partial charge in [0, 0.05) is 5.56 Å². The van der Waals surface area contributed by atoms with E-state index in [1.165, 1.54) is 6.08 Å². The lowest BCUT2D eigenvalue weighted by Crippen LogP contribution is -2.14. The van der Waals surface area contributed by atoms with Gasteiger partial charge in [-0.3, -0.25) is 0 Å². The molecule has 0 N–H and O–H groups in total. The zero-order chi connectivity index (χ0) is 15.3. The lowest BCUT2D eigenvalue weighted by Gasteiger charge is -2.17. The van der Waals surface area contributed by atoms with Crippen molar-refractivity contribution in [2.24, 2.45) is 15.2 Å². The maximum atomic E-state index is 10.7. The van der Waals surface area contributed by atoms with Crippen LogP contribution in [0.1, 0.15) is 12.5 Å². The molecule has 6 heteroatoms. The molecule has 4 nitrogen and oxygen atoms in total. The predicted octanol–water partition coefficient (Wildman–Crippen LogP) is 5.29. The van der Waals surface area contributed by atoms with Gasteiger partial charge >= 0.3 is 0 Å². The summed E-state index contributed by atoms with van der Waals surface area (Å²) in [5.74, 6) is 0. The van der Waals surface area contributed by atoms with Crippen LogP contribution in [0.3, 0.4) is 0 Å². The Bertz CT molecular complexity index is 712. The molecule has 2 rings (SSSR count). The molecule has 0 amide bonds. The SMILES string of the molecule is CC(N=C=O)(N=Nc1ccc(Cl)c(Cl)c1)c1ccccc1. The van der Waals surface area contributed by atoms with Gasteiger partial charge in [-0.15, -0.1) is 0 Å². The molecule has 0 radical (unpaired) electrons. The Morgan fingerprint density at radius 3 is 2.38 bits per heavy atom. The third-order valence-electron chi connectivity index (χ3n) is 2.85. The van der Waals surface area contributed by atoms with Crippen molar-refractivity contribution in [1.82, 2.24) is 0 Å². The third-order valence-corrected chi connectivity index (χ3v) is 3.59. The minimum atomic E-state index is -1.13. The van der Waals surface area contributed by atoms with E-state index in [0.29, 0.717) is 15.7 Å². The van der Waals surface area contributed by atoms with E-state index in [2.05, 4.69) is 15.2 Å². The molecule has 2 aromatic carbocycles. The Hall–Kier alpha value is -2.00. The molecule has 0 bridgehead atoms. The maximum absolute atomic E-state index is 10.7. The summed E-state index contributed by atoms with van der Waals surface area (Å²) in [5.41, 5.74) is 0.125. The summed E-state index contributed by atoms with van der Waals surface area (Å²) in [4.78, 5) is 14.4. The van der Waals surface area contributed by atoms with Gasteiger partial charge < -0.3 is 0 Å². The van der Waals surface area contributed by atoms with Gasteiger partial charge in [0.25, 0.3) is 0 Å². The molecule has 21 heavy (non-hydrogen) atoms. The number of hydrogen-bond acceptors (Lipinski definition) is 4. The van der Waals surface area contributed by atoms with E-state index in [0.717, 1.165) is 5.56 Å². The second-order valence-electron chi connectivity index (χ2n) is 4.39. The smallest absolute Gasteiger partial charge is 0.211 e. The number of aliphatic imine (C=N–C) groups is 1. The summed E-state index contributed by atoms with van der Waals surface area (Å²) in [6, 6.07) is 14.1. The first kappa shape index (κ1) is 15.4.